The Bertz CT molecular complexity index is 1110. The van der Waals surface area contributed by atoms with Gasteiger partial charge in [-0.1, -0.05) is 12.1 Å². The van der Waals surface area contributed by atoms with Gasteiger partial charge < -0.3 is 5.73 Å². The number of nitrogens with zero attached hydrogens (tertiary/aromatic N) is 3. The molecule has 2 aliphatic rings. The van der Waals surface area contributed by atoms with E-state index < -0.39 is 46.5 Å². The number of imide groups is 1. The van der Waals surface area contributed by atoms with E-state index in [1.54, 1.807) is 0 Å². The van der Waals surface area contributed by atoms with Crippen molar-refractivity contribution in [2.45, 2.75) is 18.7 Å². The number of likely N-dealkylation sites (tertiary alicyclic amines) is 1. The van der Waals surface area contributed by atoms with Gasteiger partial charge in [0.15, 0.2) is 6.10 Å². The van der Waals surface area contributed by atoms with Crippen LogP contribution >= 0.6 is 0 Å². The number of halogens is 1. The summed E-state index contributed by atoms with van der Waals surface area (Å²) in [6.07, 6.45) is -1.09. The first-order valence-electron chi connectivity index (χ1n) is 9.26. The molecule has 0 radical (unpaired) electrons. The number of nitro benzene ring substituents is 1. The number of likely N-dealkylation sites (N-methyl/N-ethyl adjacent to an activating group) is 1. The topological polar surface area (TPSA) is 136 Å². The molecule has 31 heavy (non-hydrogen) atoms. The molecule has 2 heterocycles. The number of primary amides is 1. The lowest BCUT2D eigenvalue weighted by atomic mass is 9.90. The van der Waals surface area contributed by atoms with E-state index in [0.29, 0.717) is 5.56 Å². The lowest BCUT2D eigenvalue weighted by Gasteiger charge is -2.26. The van der Waals surface area contributed by atoms with Gasteiger partial charge in [0.1, 0.15) is 5.82 Å². The zero-order chi connectivity index (χ0) is 22.4. The molecule has 2 saturated heterocycles. The summed E-state index contributed by atoms with van der Waals surface area (Å²) in [7, 11) is 1.35. The van der Waals surface area contributed by atoms with E-state index in [-0.39, 0.29) is 23.4 Å². The van der Waals surface area contributed by atoms with Crippen LogP contribution in [0, 0.1) is 21.8 Å². The van der Waals surface area contributed by atoms with Gasteiger partial charge in [-0.25, -0.2) is 4.39 Å². The fourth-order valence-electron chi connectivity index (χ4n) is 3.97. The predicted molar refractivity (Wildman–Crippen MR) is 102 cm³/mol. The number of nitro groups is 1. The SMILES string of the molecule is CN1C(=O)C2ON(Cc3ccc(C(N)=O)cc3[N+](=O)[O-])C(c3ccc(F)cc3)C2C1=O. The minimum Gasteiger partial charge on any atom is -0.366 e. The number of carbonyl (C=O) groups excluding carboxylic acids is 3. The number of hydrogen-bond donors (Lipinski definition) is 1. The van der Waals surface area contributed by atoms with Gasteiger partial charge in [0.05, 0.1) is 23.4 Å². The molecule has 2 N–H and O–H groups in total. The molecule has 0 spiro atoms. The summed E-state index contributed by atoms with van der Waals surface area (Å²) in [6.45, 7) is -0.158. The third-order valence-corrected chi connectivity index (χ3v) is 5.52. The van der Waals surface area contributed by atoms with Crippen LogP contribution in [0.5, 0.6) is 0 Å². The van der Waals surface area contributed by atoms with Crippen LogP contribution in [0.3, 0.4) is 0 Å². The summed E-state index contributed by atoms with van der Waals surface area (Å²) in [5.41, 5.74) is 5.52. The van der Waals surface area contributed by atoms with E-state index >= 15 is 0 Å². The molecule has 0 aliphatic carbocycles. The molecule has 2 aromatic rings. The van der Waals surface area contributed by atoms with Crippen molar-refractivity contribution < 1.29 is 28.5 Å². The van der Waals surface area contributed by atoms with Crippen LogP contribution in [0.2, 0.25) is 0 Å². The Morgan fingerprint density at radius 1 is 1.19 bits per heavy atom. The zero-order valence-corrected chi connectivity index (χ0v) is 16.2. The third-order valence-electron chi connectivity index (χ3n) is 5.52. The van der Waals surface area contributed by atoms with Crippen molar-refractivity contribution in [1.29, 1.82) is 0 Å². The van der Waals surface area contributed by atoms with Crippen LogP contribution in [0.1, 0.15) is 27.5 Å². The van der Waals surface area contributed by atoms with Crippen LogP contribution in [-0.4, -0.2) is 45.8 Å². The fraction of sp³-hybridized carbons (Fsp3) is 0.250. The average Bonchev–Trinajstić information content (AvgIpc) is 3.20. The molecule has 3 unspecified atom stereocenters. The molecular formula is C20H17FN4O6. The monoisotopic (exact) mass is 428 g/mol. The molecule has 2 aromatic carbocycles. The minimum atomic E-state index is -1.09. The molecule has 160 valence electrons. The van der Waals surface area contributed by atoms with Gasteiger partial charge in [0.2, 0.25) is 11.8 Å². The van der Waals surface area contributed by atoms with Crippen LogP contribution in [0.4, 0.5) is 10.1 Å². The Morgan fingerprint density at radius 2 is 1.87 bits per heavy atom. The molecule has 3 amide bonds. The minimum absolute atomic E-state index is 0.0308. The molecular weight excluding hydrogens is 411 g/mol. The summed E-state index contributed by atoms with van der Waals surface area (Å²) < 4.78 is 13.4. The van der Waals surface area contributed by atoms with Crippen molar-refractivity contribution in [2.75, 3.05) is 7.05 Å². The number of fused-ring (bicyclic) bond motifs is 1. The molecule has 2 fully saturated rings. The number of rotatable bonds is 5. The highest BCUT2D eigenvalue weighted by Gasteiger charge is 2.58. The fourth-order valence-corrected chi connectivity index (χ4v) is 3.97. The second kappa shape index (κ2) is 7.52. The van der Waals surface area contributed by atoms with E-state index in [9.17, 15) is 28.9 Å². The lowest BCUT2D eigenvalue weighted by Crippen LogP contribution is -2.34. The Kier molecular flexibility index (Phi) is 4.99. The maximum absolute atomic E-state index is 13.4. The van der Waals surface area contributed by atoms with Crippen LogP contribution in [0.15, 0.2) is 42.5 Å². The van der Waals surface area contributed by atoms with E-state index in [0.717, 1.165) is 11.0 Å². The number of nitrogens with two attached hydrogens (primary N) is 1. The average molecular weight is 428 g/mol. The Morgan fingerprint density at radius 3 is 2.48 bits per heavy atom. The Hall–Kier alpha value is -3.70. The molecule has 10 nitrogen and oxygen atoms in total. The van der Waals surface area contributed by atoms with E-state index in [1.807, 2.05) is 0 Å². The van der Waals surface area contributed by atoms with Crippen molar-refractivity contribution >= 4 is 23.4 Å². The molecule has 11 heteroatoms. The first kappa shape index (κ1) is 20.6. The molecule has 0 aromatic heterocycles. The molecule has 0 saturated carbocycles. The van der Waals surface area contributed by atoms with Gasteiger partial charge in [-0.2, -0.15) is 5.06 Å². The molecule has 3 atom stereocenters. The normalized spacial score (nSPS) is 23.3. The maximum atomic E-state index is 13.4. The molecule has 2 aliphatic heterocycles. The highest BCUT2D eigenvalue weighted by Crippen LogP contribution is 2.45. The lowest BCUT2D eigenvalue weighted by molar-refractivity contribution is -0.386. The van der Waals surface area contributed by atoms with Crippen LogP contribution in [0.25, 0.3) is 0 Å². The molecule has 0 bridgehead atoms. The Balaban J connectivity index is 1.74. The van der Waals surface area contributed by atoms with Crippen LogP contribution < -0.4 is 5.73 Å². The van der Waals surface area contributed by atoms with Gasteiger partial charge in [-0.3, -0.25) is 34.2 Å². The van der Waals surface area contributed by atoms with E-state index in [1.165, 1.54) is 48.5 Å². The zero-order valence-electron chi connectivity index (χ0n) is 16.2. The van der Waals surface area contributed by atoms with Gasteiger partial charge >= 0.3 is 0 Å². The largest absolute Gasteiger partial charge is 0.366 e. The summed E-state index contributed by atoms with van der Waals surface area (Å²) in [5.74, 6) is -3.15. The quantitative estimate of drug-likeness (QED) is 0.431. The number of benzene rings is 2. The Labute approximate surface area is 175 Å². The molecule has 4 rings (SSSR count). The number of hydroxylamine groups is 2. The summed E-state index contributed by atoms with van der Waals surface area (Å²) in [4.78, 5) is 54.2. The van der Waals surface area contributed by atoms with Crippen molar-refractivity contribution in [2.24, 2.45) is 11.7 Å². The van der Waals surface area contributed by atoms with Crippen molar-refractivity contribution in [3.05, 3.63) is 75.1 Å². The number of carbonyl (C=O) groups is 3. The first-order valence-corrected chi connectivity index (χ1v) is 9.26. The van der Waals surface area contributed by atoms with Gasteiger partial charge in [-0.15, -0.1) is 0 Å². The van der Waals surface area contributed by atoms with Crippen molar-refractivity contribution in [3.8, 4) is 0 Å². The first-order chi connectivity index (χ1) is 14.7. The summed E-state index contributed by atoms with van der Waals surface area (Å²) >= 11 is 0. The van der Waals surface area contributed by atoms with Gasteiger partial charge in [0.25, 0.3) is 11.6 Å². The second-order valence-electron chi connectivity index (χ2n) is 7.32. The third kappa shape index (κ3) is 3.43. The summed E-state index contributed by atoms with van der Waals surface area (Å²) in [6, 6.07) is 8.38. The predicted octanol–water partition coefficient (Wildman–Crippen LogP) is 1.30. The highest BCUT2D eigenvalue weighted by molar-refractivity contribution is 6.07. The number of amides is 3. The smallest absolute Gasteiger partial charge is 0.274 e. The van der Waals surface area contributed by atoms with E-state index in [2.05, 4.69) is 0 Å². The van der Waals surface area contributed by atoms with Crippen molar-refractivity contribution in [1.82, 2.24) is 9.96 Å². The highest BCUT2D eigenvalue weighted by atomic mass is 19.1. The second-order valence-corrected chi connectivity index (χ2v) is 7.32. The van der Waals surface area contributed by atoms with Crippen molar-refractivity contribution in [3.63, 3.8) is 0 Å². The standard InChI is InChI=1S/C20H17FN4O6/c1-23-19(27)15-16(10-4-6-13(21)7-5-10)24(31-17(15)20(23)28)9-12-3-2-11(18(22)26)8-14(12)25(29)30/h2-8,15-17H,9H2,1H3,(H2,22,26). The maximum Gasteiger partial charge on any atom is 0.274 e. The van der Waals surface area contributed by atoms with Gasteiger partial charge in [0, 0.05) is 24.2 Å². The van der Waals surface area contributed by atoms with Crippen LogP contribution in [-0.2, 0) is 21.0 Å². The number of hydrogen-bond acceptors (Lipinski definition) is 7. The summed E-state index contributed by atoms with van der Waals surface area (Å²) in [5, 5.41) is 12.9. The van der Waals surface area contributed by atoms with E-state index in [4.69, 9.17) is 10.6 Å². The van der Waals surface area contributed by atoms with Gasteiger partial charge in [-0.05, 0) is 29.8 Å².